The van der Waals surface area contributed by atoms with Crippen LogP contribution >= 0.6 is 11.8 Å². The highest BCUT2D eigenvalue weighted by molar-refractivity contribution is 8.13. The molecule has 0 aliphatic carbocycles. The average Bonchev–Trinajstić information content (AvgIpc) is 2.26. The summed E-state index contributed by atoms with van der Waals surface area (Å²) in [5.41, 5.74) is 0. The molecule has 0 N–H and O–H groups in total. The highest BCUT2D eigenvalue weighted by Gasteiger charge is 2.03. The molecule has 0 heterocycles. The molecule has 0 aliphatic heterocycles. The van der Waals surface area contributed by atoms with E-state index in [4.69, 9.17) is 0 Å². The monoisotopic (exact) mass is 222 g/mol. The Labute approximate surface area is 94.1 Å². The molecule has 0 aliphatic rings. The van der Waals surface area contributed by atoms with Crippen molar-refractivity contribution in [2.45, 2.75) is 30.6 Å². The van der Waals surface area contributed by atoms with Crippen molar-refractivity contribution >= 4 is 23.2 Å². The largest absolute Gasteiger partial charge is 0.303 e. The van der Waals surface area contributed by atoms with Gasteiger partial charge in [-0.2, -0.15) is 0 Å². The summed E-state index contributed by atoms with van der Waals surface area (Å²) < 4.78 is 0. The normalized spacial score (nSPS) is 9.87. The Kier molecular flexibility index (Phi) is 5.78. The van der Waals surface area contributed by atoms with E-state index in [9.17, 15) is 9.59 Å². The first-order valence-electron chi connectivity index (χ1n) is 5.02. The lowest BCUT2D eigenvalue weighted by Crippen LogP contribution is -1.91. The van der Waals surface area contributed by atoms with E-state index < -0.39 is 0 Å². The van der Waals surface area contributed by atoms with Gasteiger partial charge >= 0.3 is 0 Å². The number of hydrogen-bond acceptors (Lipinski definition) is 3. The molecule has 0 saturated carbocycles. The van der Waals surface area contributed by atoms with Crippen molar-refractivity contribution in [2.75, 3.05) is 0 Å². The van der Waals surface area contributed by atoms with E-state index in [1.807, 2.05) is 30.3 Å². The summed E-state index contributed by atoms with van der Waals surface area (Å²) in [6.07, 6.45) is 3.62. The first-order valence-corrected chi connectivity index (χ1v) is 5.84. The maximum atomic E-state index is 11.5. The molecule has 0 bridgehead atoms. The van der Waals surface area contributed by atoms with Gasteiger partial charge in [-0.05, 0) is 25.0 Å². The molecule has 80 valence electrons. The van der Waals surface area contributed by atoms with Crippen molar-refractivity contribution in [1.29, 1.82) is 0 Å². The van der Waals surface area contributed by atoms with Crippen LogP contribution in [0.25, 0.3) is 0 Å². The van der Waals surface area contributed by atoms with E-state index in [-0.39, 0.29) is 5.12 Å². The van der Waals surface area contributed by atoms with Gasteiger partial charge in [-0.15, -0.1) is 0 Å². The molecule has 0 unspecified atom stereocenters. The summed E-state index contributed by atoms with van der Waals surface area (Å²) in [4.78, 5) is 22.5. The fraction of sp³-hybridized carbons (Fsp3) is 0.333. The predicted octanol–water partition coefficient (Wildman–Crippen LogP) is 3.06. The topological polar surface area (TPSA) is 34.1 Å². The third-order valence-corrected chi connectivity index (χ3v) is 2.87. The Hall–Kier alpha value is -1.09. The van der Waals surface area contributed by atoms with Gasteiger partial charge < -0.3 is 4.79 Å². The van der Waals surface area contributed by atoms with Crippen molar-refractivity contribution in [3.8, 4) is 0 Å². The average molecular weight is 222 g/mol. The fourth-order valence-electron chi connectivity index (χ4n) is 1.17. The molecule has 3 heteroatoms. The van der Waals surface area contributed by atoms with E-state index in [1.165, 1.54) is 11.8 Å². The molecular weight excluding hydrogens is 208 g/mol. The molecule has 0 atom stereocenters. The van der Waals surface area contributed by atoms with Crippen molar-refractivity contribution in [2.24, 2.45) is 0 Å². The number of benzene rings is 1. The van der Waals surface area contributed by atoms with E-state index in [1.54, 1.807) is 0 Å². The molecule has 0 saturated heterocycles. The number of carbonyl (C=O) groups is 2. The predicted molar refractivity (Wildman–Crippen MR) is 61.8 cm³/mol. The highest BCUT2D eigenvalue weighted by Crippen LogP contribution is 2.20. The lowest BCUT2D eigenvalue weighted by Gasteiger charge is -1.99. The third kappa shape index (κ3) is 5.37. The molecule has 0 aromatic heterocycles. The molecule has 2 nitrogen and oxygen atoms in total. The van der Waals surface area contributed by atoms with Crippen molar-refractivity contribution in [1.82, 2.24) is 0 Å². The third-order valence-electron chi connectivity index (χ3n) is 1.93. The van der Waals surface area contributed by atoms with Crippen LogP contribution in [0, 0.1) is 0 Å². The van der Waals surface area contributed by atoms with Gasteiger partial charge in [0.15, 0.2) is 5.12 Å². The lowest BCUT2D eigenvalue weighted by atomic mass is 10.2. The molecule has 1 aromatic rings. The van der Waals surface area contributed by atoms with E-state index in [2.05, 4.69) is 0 Å². The van der Waals surface area contributed by atoms with Gasteiger partial charge in [-0.1, -0.05) is 30.0 Å². The van der Waals surface area contributed by atoms with Gasteiger partial charge in [0.05, 0.1) is 0 Å². The van der Waals surface area contributed by atoms with E-state index in [0.717, 1.165) is 24.0 Å². The van der Waals surface area contributed by atoms with E-state index >= 15 is 0 Å². The van der Waals surface area contributed by atoms with Crippen LogP contribution < -0.4 is 0 Å². The van der Waals surface area contributed by atoms with Crippen LogP contribution in [0.2, 0.25) is 0 Å². The van der Waals surface area contributed by atoms with Crippen LogP contribution in [-0.4, -0.2) is 11.4 Å². The zero-order valence-electron chi connectivity index (χ0n) is 8.52. The fourth-order valence-corrected chi connectivity index (χ4v) is 1.97. The van der Waals surface area contributed by atoms with Crippen LogP contribution in [0.4, 0.5) is 0 Å². The molecule has 0 fully saturated rings. The molecule has 0 amide bonds. The van der Waals surface area contributed by atoms with Gasteiger partial charge in [-0.3, -0.25) is 4.79 Å². The zero-order valence-corrected chi connectivity index (χ0v) is 9.33. The van der Waals surface area contributed by atoms with Crippen LogP contribution in [0.1, 0.15) is 25.7 Å². The number of hydrogen-bond donors (Lipinski definition) is 0. The second-order valence-electron chi connectivity index (χ2n) is 3.20. The maximum Gasteiger partial charge on any atom is 0.193 e. The molecular formula is C12H14O2S. The Morgan fingerprint density at radius 1 is 1.20 bits per heavy atom. The lowest BCUT2D eigenvalue weighted by molar-refractivity contribution is -0.111. The van der Waals surface area contributed by atoms with E-state index in [0.29, 0.717) is 12.8 Å². The number of aldehydes is 1. The molecule has 0 spiro atoms. The summed E-state index contributed by atoms with van der Waals surface area (Å²) in [6, 6.07) is 9.62. The molecule has 1 rings (SSSR count). The summed E-state index contributed by atoms with van der Waals surface area (Å²) in [6.45, 7) is 0. The van der Waals surface area contributed by atoms with Gasteiger partial charge in [0.2, 0.25) is 0 Å². The molecule has 15 heavy (non-hydrogen) atoms. The minimum Gasteiger partial charge on any atom is -0.303 e. The number of thioether (sulfide) groups is 1. The van der Waals surface area contributed by atoms with Crippen LogP contribution in [-0.2, 0) is 9.59 Å². The second kappa shape index (κ2) is 7.23. The van der Waals surface area contributed by atoms with Gasteiger partial charge in [0.25, 0.3) is 0 Å². The molecule has 1 aromatic carbocycles. The number of unbranched alkanes of at least 4 members (excludes halogenated alkanes) is 2. The van der Waals surface area contributed by atoms with Crippen LogP contribution in [0.3, 0.4) is 0 Å². The summed E-state index contributed by atoms with van der Waals surface area (Å²) in [5, 5.41) is 0.173. The van der Waals surface area contributed by atoms with Gasteiger partial charge in [-0.25, -0.2) is 0 Å². The van der Waals surface area contributed by atoms with Crippen molar-refractivity contribution in [3.63, 3.8) is 0 Å². The number of rotatable bonds is 6. The minimum absolute atomic E-state index is 0.173. The van der Waals surface area contributed by atoms with Gasteiger partial charge in [0.1, 0.15) is 6.29 Å². The molecule has 0 radical (unpaired) electrons. The van der Waals surface area contributed by atoms with Crippen molar-refractivity contribution in [3.05, 3.63) is 30.3 Å². The quantitative estimate of drug-likeness (QED) is 0.421. The van der Waals surface area contributed by atoms with Crippen LogP contribution in [0.15, 0.2) is 35.2 Å². The summed E-state index contributed by atoms with van der Waals surface area (Å²) in [5.74, 6) is 0. The Morgan fingerprint density at radius 3 is 2.60 bits per heavy atom. The SMILES string of the molecule is O=CCCCCC(=O)Sc1ccccc1. The smallest absolute Gasteiger partial charge is 0.193 e. The number of carbonyl (C=O) groups excluding carboxylic acids is 2. The highest BCUT2D eigenvalue weighted by atomic mass is 32.2. The summed E-state index contributed by atoms with van der Waals surface area (Å²) in [7, 11) is 0. The van der Waals surface area contributed by atoms with Gasteiger partial charge in [0, 0.05) is 17.7 Å². The van der Waals surface area contributed by atoms with Crippen molar-refractivity contribution < 1.29 is 9.59 Å². The standard InChI is InChI=1S/C12H14O2S/c13-10-6-2-5-9-12(14)15-11-7-3-1-4-8-11/h1,3-4,7-8,10H,2,5-6,9H2. The minimum atomic E-state index is 0.173. The maximum absolute atomic E-state index is 11.5. The Bertz CT molecular complexity index is 309. The Balaban J connectivity index is 2.22. The Morgan fingerprint density at radius 2 is 1.93 bits per heavy atom. The zero-order chi connectivity index (χ0) is 10.9. The first kappa shape index (κ1) is 12.0. The van der Waals surface area contributed by atoms with Crippen LogP contribution in [0.5, 0.6) is 0 Å². The second-order valence-corrected chi connectivity index (χ2v) is 4.33. The summed E-state index contributed by atoms with van der Waals surface area (Å²) >= 11 is 1.27. The first-order chi connectivity index (χ1) is 7.33.